The Morgan fingerprint density at radius 2 is 2.00 bits per heavy atom. The van der Waals surface area contributed by atoms with Crippen molar-refractivity contribution in [3.8, 4) is 0 Å². The normalized spacial score (nSPS) is 39.1. The molecule has 0 saturated heterocycles. The molecule has 1 heteroatoms. The lowest BCUT2D eigenvalue weighted by molar-refractivity contribution is -0.115. The van der Waals surface area contributed by atoms with Crippen LogP contribution in [0.15, 0.2) is 23.3 Å². The molecule has 2 bridgehead atoms. The van der Waals surface area contributed by atoms with Gasteiger partial charge in [0.1, 0.15) is 0 Å². The van der Waals surface area contributed by atoms with Gasteiger partial charge in [0.25, 0.3) is 0 Å². The fraction of sp³-hybridized carbons (Fsp3) is 0.500. The van der Waals surface area contributed by atoms with E-state index in [1.165, 1.54) is 17.6 Å². The summed E-state index contributed by atoms with van der Waals surface area (Å²) in [6.45, 7) is 0. The summed E-state index contributed by atoms with van der Waals surface area (Å²) in [5.74, 6) is 1.60. The maximum Gasteiger partial charge on any atom is 0.159 e. The molecule has 0 radical (unpaired) electrons. The number of allylic oxidation sites excluding steroid dienone is 4. The average molecular weight is 146 g/mol. The van der Waals surface area contributed by atoms with Gasteiger partial charge in [-0.15, -0.1) is 0 Å². The smallest absolute Gasteiger partial charge is 0.159 e. The predicted molar refractivity (Wildman–Crippen MR) is 42.0 cm³/mol. The molecule has 0 N–H and O–H groups in total. The second-order valence-corrected chi connectivity index (χ2v) is 3.70. The first-order valence-electron chi connectivity index (χ1n) is 4.31. The van der Waals surface area contributed by atoms with Crippen LogP contribution in [0.2, 0.25) is 0 Å². The molecule has 11 heavy (non-hydrogen) atoms. The largest absolute Gasteiger partial charge is 0.295 e. The van der Waals surface area contributed by atoms with Gasteiger partial charge in [-0.2, -0.15) is 0 Å². The third kappa shape index (κ3) is 0.550. The Kier molecular flexibility index (Phi) is 0.867. The highest BCUT2D eigenvalue weighted by Crippen LogP contribution is 2.49. The molecule has 0 amide bonds. The van der Waals surface area contributed by atoms with Crippen molar-refractivity contribution in [2.24, 2.45) is 11.8 Å². The van der Waals surface area contributed by atoms with E-state index < -0.39 is 0 Å². The zero-order valence-corrected chi connectivity index (χ0v) is 6.34. The molecule has 0 fully saturated rings. The second kappa shape index (κ2) is 1.66. The van der Waals surface area contributed by atoms with Crippen molar-refractivity contribution in [2.45, 2.75) is 19.3 Å². The third-order valence-corrected chi connectivity index (χ3v) is 3.17. The van der Waals surface area contributed by atoms with Crippen LogP contribution in [0.4, 0.5) is 0 Å². The van der Waals surface area contributed by atoms with E-state index in [4.69, 9.17) is 0 Å². The highest BCUT2D eigenvalue weighted by molar-refractivity contribution is 6.00. The number of rotatable bonds is 0. The van der Waals surface area contributed by atoms with E-state index in [1.807, 2.05) is 0 Å². The topological polar surface area (TPSA) is 17.1 Å². The van der Waals surface area contributed by atoms with Crippen molar-refractivity contribution in [2.75, 3.05) is 0 Å². The molecular formula is C10H10O. The molecule has 0 saturated carbocycles. The van der Waals surface area contributed by atoms with Gasteiger partial charge in [0, 0.05) is 17.9 Å². The first-order valence-corrected chi connectivity index (χ1v) is 4.31. The van der Waals surface area contributed by atoms with Gasteiger partial charge in [0.15, 0.2) is 5.78 Å². The molecule has 0 aliphatic heterocycles. The Morgan fingerprint density at radius 1 is 1.18 bits per heavy atom. The zero-order chi connectivity index (χ0) is 7.42. The summed E-state index contributed by atoms with van der Waals surface area (Å²) in [5.41, 5.74) is 2.67. The molecule has 1 nitrogen and oxygen atoms in total. The van der Waals surface area contributed by atoms with E-state index in [2.05, 4.69) is 12.2 Å². The van der Waals surface area contributed by atoms with Gasteiger partial charge in [-0.1, -0.05) is 17.7 Å². The third-order valence-electron chi connectivity index (χ3n) is 3.17. The lowest BCUT2D eigenvalue weighted by atomic mass is 10.00. The van der Waals surface area contributed by atoms with Gasteiger partial charge in [0.05, 0.1) is 0 Å². The Bertz CT molecular complexity index is 296. The highest BCUT2D eigenvalue weighted by Gasteiger charge is 2.40. The molecule has 3 rings (SSSR count). The van der Waals surface area contributed by atoms with Crippen molar-refractivity contribution >= 4 is 5.78 Å². The molecule has 0 aromatic carbocycles. The Balaban J connectivity index is 2.14. The summed E-state index contributed by atoms with van der Waals surface area (Å²) in [6.07, 6.45) is 7.55. The van der Waals surface area contributed by atoms with Crippen molar-refractivity contribution in [3.05, 3.63) is 23.3 Å². The van der Waals surface area contributed by atoms with Crippen molar-refractivity contribution in [3.63, 3.8) is 0 Å². The number of hydrogen-bond acceptors (Lipinski definition) is 1. The van der Waals surface area contributed by atoms with Crippen molar-refractivity contribution < 1.29 is 4.79 Å². The summed E-state index contributed by atoms with van der Waals surface area (Å²) in [6, 6.07) is 0. The van der Waals surface area contributed by atoms with Gasteiger partial charge in [-0.05, 0) is 18.8 Å². The molecular weight excluding hydrogens is 136 g/mol. The van der Waals surface area contributed by atoms with Crippen LogP contribution in [0.1, 0.15) is 19.3 Å². The predicted octanol–water partition coefficient (Wildman–Crippen LogP) is 1.85. The number of ketones is 1. The van der Waals surface area contributed by atoms with Gasteiger partial charge in [0.2, 0.25) is 0 Å². The lowest BCUT2D eigenvalue weighted by Gasteiger charge is -2.04. The summed E-state index contributed by atoms with van der Waals surface area (Å²) in [7, 11) is 0. The molecule has 3 aliphatic rings. The fourth-order valence-electron chi connectivity index (χ4n) is 2.70. The van der Waals surface area contributed by atoms with Crippen molar-refractivity contribution in [1.82, 2.24) is 0 Å². The molecule has 56 valence electrons. The van der Waals surface area contributed by atoms with Crippen LogP contribution in [-0.4, -0.2) is 5.78 Å². The molecule has 0 spiro atoms. The molecule has 3 aliphatic carbocycles. The van der Waals surface area contributed by atoms with Crippen LogP contribution in [0.3, 0.4) is 0 Å². The van der Waals surface area contributed by atoms with E-state index in [1.54, 1.807) is 0 Å². The summed E-state index contributed by atoms with van der Waals surface area (Å²) >= 11 is 0. The van der Waals surface area contributed by atoms with Gasteiger partial charge in [-0.3, -0.25) is 4.79 Å². The van der Waals surface area contributed by atoms with E-state index >= 15 is 0 Å². The first kappa shape index (κ1) is 5.76. The van der Waals surface area contributed by atoms with Crippen LogP contribution >= 0.6 is 0 Å². The number of fused-ring (bicyclic) bond motifs is 4. The summed E-state index contributed by atoms with van der Waals surface area (Å²) in [5, 5.41) is 0. The monoisotopic (exact) mass is 146 g/mol. The Hall–Kier alpha value is -0.850. The van der Waals surface area contributed by atoms with Crippen LogP contribution in [0, 0.1) is 11.8 Å². The minimum Gasteiger partial charge on any atom is -0.295 e. The van der Waals surface area contributed by atoms with Gasteiger partial charge < -0.3 is 0 Å². The summed E-state index contributed by atoms with van der Waals surface area (Å²) in [4.78, 5) is 11.4. The van der Waals surface area contributed by atoms with E-state index in [-0.39, 0.29) is 0 Å². The minimum atomic E-state index is 0.428. The summed E-state index contributed by atoms with van der Waals surface area (Å²) < 4.78 is 0. The van der Waals surface area contributed by atoms with Crippen molar-refractivity contribution in [1.29, 1.82) is 0 Å². The number of Topliss-reactive ketones (excluding diaryl/α,β-unsaturated/α-hetero) is 1. The Morgan fingerprint density at radius 3 is 2.82 bits per heavy atom. The molecule has 0 aromatic heterocycles. The van der Waals surface area contributed by atoms with E-state index in [9.17, 15) is 4.79 Å². The molecule has 2 atom stereocenters. The number of hydrogen-bond donors (Lipinski definition) is 0. The first-order chi connectivity index (χ1) is 5.36. The van der Waals surface area contributed by atoms with Crippen LogP contribution in [0.5, 0.6) is 0 Å². The minimum absolute atomic E-state index is 0.428. The lowest BCUT2D eigenvalue weighted by Crippen LogP contribution is -2.02. The average Bonchev–Trinajstić information content (AvgIpc) is 2.60. The second-order valence-electron chi connectivity index (χ2n) is 3.70. The highest BCUT2D eigenvalue weighted by atomic mass is 16.1. The van der Waals surface area contributed by atoms with Gasteiger partial charge in [-0.25, -0.2) is 0 Å². The fourth-order valence-corrected chi connectivity index (χ4v) is 2.70. The van der Waals surface area contributed by atoms with Gasteiger partial charge >= 0.3 is 0 Å². The quantitative estimate of drug-likeness (QED) is 0.477. The molecule has 0 heterocycles. The zero-order valence-electron chi connectivity index (χ0n) is 6.34. The van der Waals surface area contributed by atoms with Crippen LogP contribution in [0.25, 0.3) is 0 Å². The van der Waals surface area contributed by atoms with Crippen LogP contribution in [-0.2, 0) is 4.79 Å². The standard InChI is InChI=1S/C10H10O/c11-9-4-3-8-6-1-2-7(5-6)10(8)9/h1-2,6-7H,3-5H2/t6-,7+/m0/s1. The van der Waals surface area contributed by atoms with E-state index in [0.29, 0.717) is 17.6 Å². The molecule has 0 unspecified atom stereocenters. The maximum atomic E-state index is 11.4. The number of carbonyl (C=O) groups excluding carboxylic acids is 1. The van der Waals surface area contributed by atoms with Crippen LogP contribution < -0.4 is 0 Å². The van der Waals surface area contributed by atoms with E-state index in [0.717, 1.165) is 12.8 Å². The number of carbonyl (C=O) groups is 1. The SMILES string of the molecule is O=C1CCC2=C1[C@@H]1C=C[C@H]2C1. The Labute approximate surface area is 65.8 Å². The molecule has 0 aromatic rings. The maximum absolute atomic E-state index is 11.4.